The van der Waals surface area contributed by atoms with Gasteiger partial charge in [0.05, 0.1) is 0 Å². The molecule has 1 aliphatic heterocycles. The second-order valence-electron chi connectivity index (χ2n) is 5.51. The van der Waals surface area contributed by atoms with Crippen molar-refractivity contribution in [3.63, 3.8) is 0 Å². The van der Waals surface area contributed by atoms with E-state index in [2.05, 4.69) is 30.6 Å². The molecule has 2 aromatic rings. The quantitative estimate of drug-likeness (QED) is 0.898. The molecular formula is C18H19NO2. The highest BCUT2D eigenvalue weighted by atomic mass is 16.7. The molecule has 2 N–H and O–H groups in total. The van der Waals surface area contributed by atoms with Crippen molar-refractivity contribution >= 4 is 0 Å². The third kappa shape index (κ3) is 3.09. The molecule has 0 fully saturated rings. The molecule has 3 heteroatoms. The van der Waals surface area contributed by atoms with Crippen LogP contribution in [0.4, 0.5) is 0 Å². The Labute approximate surface area is 124 Å². The number of phenolic OH excluding ortho intramolecular Hbond substituents is 1. The molecule has 21 heavy (non-hydrogen) atoms. The van der Waals surface area contributed by atoms with E-state index in [1.807, 2.05) is 30.3 Å². The standard InChI is InChI=1S/C18H19NO2/c1-18(15-5-3-2-4-6-15)13-16(19-21-18)10-7-14-8-11-17(20)12-9-14/h2-6,8-9,11-13,19-20H,7,10H2,1H3. The molecule has 1 heterocycles. The van der Waals surface area contributed by atoms with E-state index in [-0.39, 0.29) is 0 Å². The van der Waals surface area contributed by atoms with Gasteiger partial charge in [-0.05, 0) is 49.1 Å². The normalized spacial score (nSPS) is 20.9. The Balaban J connectivity index is 1.67. The first-order chi connectivity index (χ1) is 10.2. The zero-order valence-electron chi connectivity index (χ0n) is 12.0. The number of aryl methyl sites for hydroxylation is 1. The Bertz CT molecular complexity index is 634. The van der Waals surface area contributed by atoms with Crippen molar-refractivity contribution < 1.29 is 9.94 Å². The van der Waals surface area contributed by atoms with Crippen molar-refractivity contribution in [2.24, 2.45) is 0 Å². The number of nitrogens with one attached hydrogen (secondary N) is 1. The molecule has 1 unspecified atom stereocenters. The molecular weight excluding hydrogens is 262 g/mol. The summed E-state index contributed by atoms with van der Waals surface area (Å²) < 4.78 is 0. The van der Waals surface area contributed by atoms with Gasteiger partial charge in [0.1, 0.15) is 11.4 Å². The molecule has 3 rings (SSSR count). The van der Waals surface area contributed by atoms with Crippen LogP contribution in [0.3, 0.4) is 0 Å². The smallest absolute Gasteiger partial charge is 0.138 e. The van der Waals surface area contributed by atoms with Crippen molar-refractivity contribution in [2.45, 2.75) is 25.4 Å². The van der Waals surface area contributed by atoms with E-state index in [0.29, 0.717) is 5.75 Å². The van der Waals surface area contributed by atoms with Crippen LogP contribution in [-0.2, 0) is 16.9 Å². The van der Waals surface area contributed by atoms with Gasteiger partial charge in [0, 0.05) is 5.70 Å². The zero-order valence-corrected chi connectivity index (χ0v) is 12.0. The minimum Gasteiger partial charge on any atom is -0.508 e. The fourth-order valence-electron chi connectivity index (χ4n) is 2.54. The first kappa shape index (κ1) is 13.7. The number of hydrogen-bond acceptors (Lipinski definition) is 3. The summed E-state index contributed by atoms with van der Waals surface area (Å²) in [7, 11) is 0. The third-order valence-corrected chi connectivity index (χ3v) is 3.81. The predicted octanol–water partition coefficient (Wildman–Crippen LogP) is 3.66. The number of hydrogen-bond donors (Lipinski definition) is 2. The lowest BCUT2D eigenvalue weighted by atomic mass is 9.95. The molecule has 0 saturated carbocycles. The second kappa shape index (κ2) is 5.62. The van der Waals surface area contributed by atoms with E-state index >= 15 is 0 Å². The van der Waals surface area contributed by atoms with Gasteiger partial charge in [-0.3, -0.25) is 10.3 Å². The molecule has 0 amide bonds. The first-order valence-electron chi connectivity index (χ1n) is 7.15. The summed E-state index contributed by atoms with van der Waals surface area (Å²) in [5, 5.41) is 9.29. The summed E-state index contributed by atoms with van der Waals surface area (Å²) >= 11 is 0. The molecule has 0 spiro atoms. The highest BCUT2D eigenvalue weighted by Gasteiger charge is 2.31. The van der Waals surface area contributed by atoms with Gasteiger partial charge in [-0.2, -0.15) is 0 Å². The van der Waals surface area contributed by atoms with Crippen LogP contribution in [0.15, 0.2) is 66.4 Å². The highest BCUT2D eigenvalue weighted by Crippen LogP contribution is 2.32. The molecule has 108 valence electrons. The van der Waals surface area contributed by atoms with E-state index in [4.69, 9.17) is 4.84 Å². The number of rotatable bonds is 4. The molecule has 0 aromatic heterocycles. The molecule has 1 atom stereocenters. The molecule has 0 radical (unpaired) electrons. The van der Waals surface area contributed by atoms with Gasteiger partial charge < -0.3 is 5.11 Å². The monoisotopic (exact) mass is 281 g/mol. The Morgan fingerprint density at radius 1 is 1.00 bits per heavy atom. The van der Waals surface area contributed by atoms with Crippen molar-refractivity contribution in [1.82, 2.24) is 5.48 Å². The van der Waals surface area contributed by atoms with Gasteiger partial charge in [-0.15, -0.1) is 0 Å². The van der Waals surface area contributed by atoms with Gasteiger partial charge in [0.25, 0.3) is 0 Å². The summed E-state index contributed by atoms with van der Waals surface area (Å²) in [5.74, 6) is 0.303. The van der Waals surface area contributed by atoms with Gasteiger partial charge in [0.2, 0.25) is 0 Å². The van der Waals surface area contributed by atoms with Crippen molar-refractivity contribution in [3.05, 3.63) is 77.5 Å². The summed E-state index contributed by atoms with van der Waals surface area (Å²) in [6.07, 6.45) is 3.93. The van der Waals surface area contributed by atoms with Crippen LogP contribution in [0.2, 0.25) is 0 Å². The van der Waals surface area contributed by atoms with E-state index in [1.165, 1.54) is 5.56 Å². The average molecular weight is 281 g/mol. The molecule has 0 bridgehead atoms. The number of aromatic hydroxyl groups is 1. The summed E-state index contributed by atoms with van der Waals surface area (Å²) in [5.41, 5.74) is 6.05. The predicted molar refractivity (Wildman–Crippen MR) is 82.5 cm³/mol. The van der Waals surface area contributed by atoms with Crippen LogP contribution in [0.1, 0.15) is 24.5 Å². The third-order valence-electron chi connectivity index (χ3n) is 3.81. The summed E-state index contributed by atoms with van der Waals surface area (Å²) in [6, 6.07) is 17.5. The summed E-state index contributed by atoms with van der Waals surface area (Å²) in [4.78, 5) is 5.76. The number of hydroxylamine groups is 1. The minimum absolute atomic E-state index is 0.303. The summed E-state index contributed by atoms with van der Waals surface area (Å²) in [6.45, 7) is 2.06. The van der Waals surface area contributed by atoms with Crippen molar-refractivity contribution in [1.29, 1.82) is 0 Å². The Kier molecular flexibility index (Phi) is 3.67. The highest BCUT2D eigenvalue weighted by molar-refractivity contribution is 5.31. The van der Waals surface area contributed by atoms with E-state index in [0.717, 1.165) is 24.1 Å². The minimum atomic E-state index is -0.411. The van der Waals surface area contributed by atoms with Gasteiger partial charge in [-0.25, -0.2) is 0 Å². The zero-order chi connectivity index (χ0) is 14.7. The average Bonchev–Trinajstić information content (AvgIpc) is 2.91. The first-order valence-corrected chi connectivity index (χ1v) is 7.15. The van der Waals surface area contributed by atoms with Crippen LogP contribution in [0, 0.1) is 0 Å². The molecule has 0 saturated heterocycles. The second-order valence-corrected chi connectivity index (χ2v) is 5.51. The Morgan fingerprint density at radius 3 is 2.43 bits per heavy atom. The SMILES string of the molecule is CC1(c2ccccc2)C=C(CCc2ccc(O)cc2)NO1. The van der Waals surface area contributed by atoms with Gasteiger partial charge in [-0.1, -0.05) is 42.5 Å². The van der Waals surface area contributed by atoms with Crippen molar-refractivity contribution in [2.75, 3.05) is 0 Å². The topological polar surface area (TPSA) is 41.5 Å². The lowest BCUT2D eigenvalue weighted by molar-refractivity contribution is -0.0321. The number of phenols is 1. The van der Waals surface area contributed by atoms with E-state index < -0.39 is 5.60 Å². The van der Waals surface area contributed by atoms with Crippen molar-refractivity contribution in [3.8, 4) is 5.75 Å². The maximum atomic E-state index is 9.29. The molecule has 3 nitrogen and oxygen atoms in total. The van der Waals surface area contributed by atoms with Crippen LogP contribution >= 0.6 is 0 Å². The number of benzene rings is 2. The molecule has 0 aliphatic carbocycles. The van der Waals surface area contributed by atoms with Crippen LogP contribution < -0.4 is 5.48 Å². The molecule has 2 aromatic carbocycles. The largest absolute Gasteiger partial charge is 0.508 e. The van der Waals surface area contributed by atoms with Gasteiger partial charge >= 0.3 is 0 Å². The Hall–Kier alpha value is -2.26. The van der Waals surface area contributed by atoms with E-state index in [1.54, 1.807) is 12.1 Å². The van der Waals surface area contributed by atoms with Gasteiger partial charge in [0.15, 0.2) is 0 Å². The van der Waals surface area contributed by atoms with Crippen LogP contribution in [-0.4, -0.2) is 5.11 Å². The van der Waals surface area contributed by atoms with E-state index in [9.17, 15) is 5.11 Å². The fraction of sp³-hybridized carbons (Fsp3) is 0.222. The maximum absolute atomic E-state index is 9.29. The maximum Gasteiger partial charge on any atom is 0.138 e. The Morgan fingerprint density at radius 2 is 1.71 bits per heavy atom. The van der Waals surface area contributed by atoms with Crippen LogP contribution in [0.25, 0.3) is 0 Å². The molecule has 1 aliphatic rings. The lowest BCUT2D eigenvalue weighted by Crippen LogP contribution is -2.22. The fourth-order valence-corrected chi connectivity index (χ4v) is 2.54. The number of allylic oxidation sites excluding steroid dienone is 1. The van der Waals surface area contributed by atoms with Crippen LogP contribution in [0.5, 0.6) is 5.75 Å². The lowest BCUT2D eigenvalue weighted by Gasteiger charge is -2.20.